The van der Waals surface area contributed by atoms with E-state index >= 15 is 0 Å². The maximum atomic E-state index is 11.9. The summed E-state index contributed by atoms with van der Waals surface area (Å²) in [5.74, 6) is 2.33. The molecule has 1 aromatic heterocycles. The molecule has 3 nitrogen and oxygen atoms in total. The van der Waals surface area contributed by atoms with Gasteiger partial charge in [-0.25, -0.2) is 8.42 Å². The highest BCUT2D eigenvalue weighted by molar-refractivity contribution is 7.89. The van der Waals surface area contributed by atoms with E-state index in [9.17, 15) is 8.42 Å². The standard InChI is InChI=1S/C9H9Cl2NO2S2/c1-4-9(2,3)12-16(13,14)6-5-7(10)15-8(6)11/h1,5,12H,2-3H3. The number of sulfonamides is 1. The Bertz CT molecular complexity index is 540. The van der Waals surface area contributed by atoms with Crippen molar-refractivity contribution in [2.45, 2.75) is 24.3 Å². The maximum absolute atomic E-state index is 11.9. The van der Waals surface area contributed by atoms with Gasteiger partial charge in [-0.05, 0) is 19.9 Å². The summed E-state index contributed by atoms with van der Waals surface area (Å²) in [7, 11) is -3.74. The van der Waals surface area contributed by atoms with E-state index in [2.05, 4.69) is 10.6 Å². The minimum Gasteiger partial charge on any atom is -0.207 e. The van der Waals surface area contributed by atoms with Crippen molar-refractivity contribution in [3.05, 3.63) is 14.7 Å². The molecule has 0 aliphatic heterocycles. The van der Waals surface area contributed by atoms with E-state index in [1.54, 1.807) is 13.8 Å². The quantitative estimate of drug-likeness (QED) is 0.872. The maximum Gasteiger partial charge on any atom is 0.244 e. The van der Waals surface area contributed by atoms with Gasteiger partial charge in [0.1, 0.15) is 9.23 Å². The van der Waals surface area contributed by atoms with Gasteiger partial charge >= 0.3 is 0 Å². The number of halogens is 2. The number of rotatable bonds is 3. The Labute approximate surface area is 109 Å². The summed E-state index contributed by atoms with van der Waals surface area (Å²) < 4.78 is 26.6. The van der Waals surface area contributed by atoms with Gasteiger partial charge in [0, 0.05) is 0 Å². The van der Waals surface area contributed by atoms with E-state index in [0.29, 0.717) is 4.34 Å². The Hall–Kier alpha value is -0.250. The van der Waals surface area contributed by atoms with Crippen LogP contribution in [0, 0.1) is 12.3 Å². The summed E-state index contributed by atoms with van der Waals surface area (Å²) in [5, 5.41) is 0. The summed E-state index contributed by atoms with van der Waals surface area (Å²) in [6.45, 7) is 3.15. The van der Waals surface area contributed by atoms with Crippen molar-refractivity contribution < 1.29 is 8.42 Å². The van der Waals surface area contributed by atoms with Gasteiger partial charge in [-0.3, -0.25) is 0 Å². The molecule has 16 heavy (non-hydrogen) atoms. The lowest BCUT2D eigenvalue weighted by molar-refractivity contribution is 0.539. The molecule has 0 saturated heterocycles. The van der Waals surface area contributed by atoms with Gasteiger partial charge in [0.15, 0.2) is 0 Å². The minimum atomic E-state index is -3.74. The molecule has 0 fully saturated rings. The summed E-state index contributed by atoms with van der Waals surface area (Å²) in [5.41, 5.74) is -0.976. The highest BCUT2D eigenvalue weighted by atomic mass is 35.5. The van der Waals surface area contributed by atoms with Crippen molar-refractivity contribution in [2.24, 2.45) is 0 Å². The molecule has 0 bridgehead atoms. The van der Waals surface area contributed by atoms with Crippen LogP contribution < -0.4 is 4.72 Å². The second kappa shape index (κ2) is 4.55. The van der Waals surface area contributed by atoms with Crippen molar-refractivity contribution in [3.8, 4) is 12.3 Å². The van der Waals surface area contributed by atoms with Crippen LogP contribution in [0.15, 0.2) is 11.0 Å². The van der Waals surface area contributed by atoms with Crippen LogP contribution in [0.5, 0.6) is 0 Å². The SMILES string of the molecule is C#CC(C)(C)NS(=O)(=O)c1cc(Cl)sc1Cl. The third kappa shape index (κ3) is 3.12. The van der Waals surface area contributed by atoms with Crippen LogP contribution in [0.1, 0.15) is 13.8 Å². The van der Waals surface area contributed by atoms with E-state index in [-0.39, 0.29) is 9.23 Å². The van der Waals surface area contributed by atoms with Crippen LogP contribution in [-0.2, 0) is 10.0 Å². The summed E-state index contributed by atoms with van der Waals surface area (Å²) in [4.78, 5) is -0.0486. The van der Waals surface area contributed by atoms with Crippen molar-refractivity contribution in [1.82, 2.24) is 4.72 Å². The second-order valence-corrected chi connectivity index (χ2v) is 7.50. The molecular weight excluding hydrogens is 289 g/mol. The number of hydrogen-bond donors (Lipinski definition) is 1. The fraction of sp³-hybridized carbons (Fsp3) is 0.333. The van der Waals surface area contributed by atoms with E-state index in [1.807, 2.05) is 0 Å². The first-order valence-corrected chi connectivity index (χ1v) is 7.20. The first kappa shape index (κ1) is 13.8. The minimum absolute atomic E-state index is 0.0486. The van der Waals surface area contributed by atoms with Crippen LogP contribution in [0.3, 0.4) is 0 Å². The average molecular weight is 298 g/mol. The van der Waals surface area contributed by atoms with Crippen LogP contribution in [0.2, 0.25) is 8.67 Å². The summed E-state index contributed by atoms with van der Waals surface area (Å²) >= 11 is 12.4. The topological polar surface area (TPSA) is 46.2 Å². The zero-order valence-corrected chi connectivity index (χ0v) is 11.7. The van der Waals surface area contributed by atoms with E-state index < -0.39 is 15.6 Å². The third-order valence-corrected chi connectivity index (χ3v) is 5.07. The lowest BCUT2D eigenvalue weighted by Crippen LogP contribution is -2.41. The Balaban J connectivity index is 3.15. The molecule has 0 aromatic carbocycles. The fourth-order valence-electron chi connectivity index (χ4n) is 0.929. The third-order valence-electron chi connectivity index (χ3n) is 1.67. The highest BCUT2D eigenvalue weighted by Gasteiger charge is 2.27. The Morgan fingerprint density at radius 2 is 2.06 bits per heavy atom. The van der Waals surface area contributed by atoms with Gasteiger partial charge in [0.05, 0.1) is 9.88 Å². The zero-order valence-electron chi connectivity index (χ0n) is 8.54. The number of hydrogen-bond acceptors (Lipinski definition) is 3. The molecule has 0 unspecified atom stereocenters. The summed E-state index contributed by atoms with van der Waals surface area (Å²) in [6, 6.07) is 1.30. The van der Waals surface area contributed by atoms with Crippen LogP contribution in [0.4, 0.5) is 0 Å². The van der Waals surface area contributed by atoms with Gasteiger partial charge in [-0.2, -0.15) is 4.72 Å². The lowest BCUT2D eigenvalue weighted by Gasteiger charge is -2.18. The smallest absolute Gasteiger partial charge is 0.207 e. The first-order valence-electron chi connectivity index (χ1n) is 4.14. The molecule has 0 spiro atoms. The zero-order chi connectivity index (χ0) is 12.6. The molecule has 0 radical (unpaired) electrons. The molecule has 1 N–H and O–H groups in total. The molecule has 0 amide bonds. The number of thiophene rings is 1. The predicted octanol–water partition coefficient (Wildman–Crippen LogP) is 2.75. The van der Waals surface area contributed by atoms with Crippen molar-refractivity contribution in [2.75, 3.05) is 0 Å². The average Bonchev–Trinajstić information content (AvgIpc) is 2.44. The first-order chi connectivity index (χ1) is 7.18. The van der Waals surface area contributed by atoms with Gasteiger partial charge < -0.3 is 0 Å². The lowest BCUT2D eigenvalue weighted by atomic mass is 10.1. The molecule has 0 aliphatic carbocycles. The number of nitrogens with one attached hydrogen (secondary N) is 1. The van der Waals surface area contributed by atoms with Crippen LogP contribution in [0.25, 0.3) is 0 Å². The highest BCUT2D eigenvalue weighted by Crippen LogP contribution is 2.34. The molecule has 0 aliphatic rings. The molecule has 0 atom stereocenters. The summed E-state index contributed by atoms with van der Waals surface area (Å²) in [6.07, 6.45) is 5.20. The van der Waals surface area contributed by atoms with E-state index in [0.717, 1.165) is 11.3 Å². The molecule has 1 heterocycles. The van der Waals surface area contributed by atoms with Crippen molar-refractivity contribution >= 4 is 44.6 Å². The van der Waals surface area contributed by atoms with Gasteiger partial charge in [-0.1, -0.05) is 29.1 Å². The molecule has 1 aromatic rings. The molecule has 7 heteroatoms. The number of terminal acetylenes is 1. The van der Waals surface area contributed by atoms with E-state index in [4.69, 9.17) is 29.6 Å². The van der Waals surface area contributed by atoms with Gasteiger partial charge in [0.25, 0.3) is 0 Å². The second-order valence-electron chi connectivity index (χ2n) is 3.56. The Morgan fingerprint density at radius 3 is 2.44 bits per heavy atom. The Morgan fingerprint density at radius 1 is 1.50 bits per heavy atom. The Kier molecular flexibility index (Phi) is 3.93. The monoisotopic (exact) mass is 297 g/mol. The molecular formula is C9H9Cl2NO2S2. The molecule has 88 valence electrons. The van der Waals surface area contributed by atoms with Gasteiger partial charge in [0.2, 0.25) is 10.0 Å². The van der Waals surface area contributed by atoms with Crippen molar-refractivity contribution in [3.63, 3.8) is 0 Å². The van der Waals surface area contributed by atoms with E-state index in [1.165, 1.54) is 6.07 Å². The van der Waals surface area contributed by atoms with Crippen molar-refractivity contribution in [1.29, 1.82) is 0 Å². The predicted molar refractivity (Wildman–Crippen MR) is 67.6 cm³/mol. The normalized spacial score (nSPS) is 12.4. The molecule has 0 saturated carbocycles. The largest absolute Gasteiger partial charge is 0.244 e. The molecule has 1 rings (SSSR count). The van der Waals surface area contributed by atoms with Gasteiger partial charge in [-0.15, -0.1) is 17.8 Å². The fourth-order valence-corrected chi connectivity index (χ4v) is 4.42. The van der Waals surface area contributed by atoms with Crippen LogP contribution >= 0.6 is 34.5 Å². The van der Waals surface area contributed by atoms with Crippen LogP contribution in [-0.4, -0.2) is 14.0 Å².